The summed E-state index contributed by atoms with van der Waals surface area (Å²) in [4.78, 5) is 0.185. The highest BCUT2D eigenvalue weighted by molar-refractivity contribution is 7.89. The number of nitrogens with zero attached hydrogens (tertiary/aromatic N) is 1. The summed E-state index contributed by atoms with van der Waals surface area (Å²) in [5, 5.41) is 0. The van der Waals surface area contributed by atoms with Gasteiger partial charge in [-0.3, -0.25) is 0 Å². The van der Waals surface area contributed by atoms with Gasteiger partial charge in [-0.15, -0.1) is 0 Å². The molecule has 0 amide bonds. The molecule has 22 heavy (non-hydrogen) atoms. The second-order valence-corrected chi connectivity index (χ2v) is 9.17. The van der Waals surface area contributed by atoms with Crippen LogP contribution in [0.1, 0.15) is 18.4 Å². The summed E-state index contributed by atoms with van der Waals surface area (Å²) in [6.45, 7) is 2.35. The summed E-state index contributed by atoms with van der Waals surface area (Å²) >= 11 is 0. The van der Waals surface area contributed by atoms with E-state index in [1.807, 2.05) is 0 Å². The monoisotopic (exact) mass is 347 g/mol. The molecule has 3 N–H and O–H groups in total. The van der Waals surface area contributed by atoms with Gasteiger partial charge < -0.3 is 5.73 Å². The van der Waals surface area contributed by atoms with Gasteiger partial charge in [-0.25, -0.2) is 21.6 Å². The second kappa shape index (κ2) is 6.25. The van der Waals surface area contributed by atoms with Gasteiger partial charge in [-0.2, -0.15) is 4.31 Å². The van der Waals surface area contributed by atoms with Crippen LogP contribution in [0.3, 0.4) is 0 Å². The first-order valence-corrected chi connectivity index (χ1v) is 9.91. The van der Waals surface area contributed by atoms with Crippen LogP contribution < -0.4 is 10.5 Å². The zero-order valence-electron chi connectivity index (χ0n) is 12.6. The Kier molecular flexibility index (Phi) is 4.93. The first kappa shape index (κ1) is 17.4. The fraction of sp³-hybridized carbons (Fsp3) is 0.538. The first-order valence-electron chi connectivity index (χ1n) is 6.98. The average Bonchev–Trinajstić information content (AvgIpc) is 2.47. The Hall–Kier alpha value is -1.00. The number of benzene rings is 1. The Balaban J connectivity index is 2.35. The van der Waals surface area contributed by atoms with Crippen LogP contribution in [0, 0.1) is 6.92 Å². The van der Waals surface area contributed by atoms with Gasteiger partial charge >= 0.3 is 0 Å². The van der Waals surface area contributed by atoms with E-state index in [1.165, 1.54) is 29.6 Å². The number of rotatable bonds is 4. The second-order valence-electron chi connectivity index (χ2n) is 5.38. The molecule has 0 radical (unpaired) electrons. The van der Waals surface area contributed by atoms with E-state index in [4.69, 9.17) is 5.73 Å². The third-order valence-corrected chi connectivity index (χ3v) is 7.31. The molecule has 2 rings (SSSR count). The van der Waals surface area contributed by atoms with Crippen LogP contribution in [0.2, 0.25) is 0 Å². The van der Waals surface area contributed by atoms with E-state index in [-0.39, 0.29) is 15.8 Å². The van der Waals surface area contributed by atoms with Crippen LogP contribution in [0.25, 0.3) is 0 Å². The van der Waals surface area contributed by atoms with Gasteiger partial charge in [-0.1, -0.05) is 0 Å². The highest BCUT2D eigenvalue weighted by Gasteiger charge is 2.29. The van der Waals surface area contributed by atoms with Gasteiger partial charge in [0.25, 0.3) is 0 Å². The van der Waals surface area contributed by atoms with Crippen molar-refractivity contribution in [1.29, 1.82) is 0 Å². The lowest BCUT2D eigenvalue weighted by atomic mass is 10.1. The maximum Gasteiger partial charge on any atom is 0.243 e. The molecule has 0 aromatic heterocycles. The molecule has 0 spiro atoms. The van der Waals surface area contributed by atoms with Crippen LogP contribution in [0.4, 0.5) is 0 Å². The number of sulfonamides is 2. The van der Waals surface area contributed by atoms with Crippen LogP contribution in [0.5, 0.6) is 0 Å². The summed E-state index contributed by atoms with van der Waals surface area (Å²) in [6.07, 6.45) is 1.26. The molecule has 0 unspecified atom stereocenters. The number of hydrogen-bond donors (Lipinski definition) is 2. The van der Waals surface area contributed by atoms with E-state index in [0.717, 1.165) is 0 Å². The fourth-order valence-electron chi connectivity index (χ4n) is 2.46. The number of hydrogen-bond acceptors (Lipinski definition) is 5. The van der Waals surface area contributed by atoms with Gasteiger partial charge in [0.1, 0.15) is 0 Å². The molecule has 0 saturated carbocycles. The zero-order valence-corrected chi connectivity index (χ0v) is 14.2. The zero-order chi connectivity index (χ0) is 16.5. The van der Waals surface area contributed by atoms with Crippen molar-refractivity contribution in [2.75, 3.05) is 20.1 Å². The van der Waals surface area contributed by atoms with Crippen molar-refractivity contribution in [2.45, 2.75) is 35.6 Å². The normalized spacial score (nSPS) is 18.5. The van der Waals surface area contributed by atoms with Crippen LogP contribution in [0.15, 0.2) is 28.0 Å². The Morgan fingerprint density at radius 3 is 2.27 bits per heavy atom. The fourth-order valence-corrected chi connectivity index (χ4v) is 4.96. The molecule has 1 heterocycles. The molecule has 1 aliphatic rings. The highest BCUT2D eigenvalue weighted by Crippen LogP contribution is 2.24. The molecule has 1 fully saturated rings. The van der Waals surface area contributed by atoms with Gasteiger partial charge in [0, 0.05) is 19.1 Å². The summed E-state index contributed by atoms with van der Waals surface area (Å²) in [6, 6.07) is 4.09. The summed E-state index contributed by atoms with van der Waals surface area (Å²) in [5.41, 5.74) is 6.18. The largest absolute Gasteiger partial charge is 0.328 e. The smallest absolute Gasteiger partial charge is 0.243 e. The Labute approximate surface area is 131 Å². The molecule has 7 nitrogen and oxygen atoms in total. The van der Waals surface area contributed by atoms with Crippen LogP contribution >= 0.6 is 0 Å². The molecule has 0 bridgehead atoms. The summed E-state index contributed by atoms with van der Waals surface area (Å²) in [7, 11) is -5.90. The Bertz CT molecular complexity index is 751. The molecule has 124 valence electrons. The molecule has 1 aliphatic heterocycles. The number of nitrogens with two attached hydrogens (primary N) is 1. The van der Waals surface area contributed by atoms with Gasteiger partial charge in [0.05, 0.1) is 9.79 Å². The molecule has 1 saturated heterocycles. The third-order valence-electron chi connectivity index (χ3n) is 3.84. The predicted molar refractivity (Wildman–Crippen MR) is 83.4 cm³/mol. The van der Waals surface area contributed by atoms with Gasteiger partial charge in [0.2, 0.25) is 20.0 Å². The molecule has 0 atom stereocenters. The van der Waals surface area contributed by atoms with Gasteiger partial charge in [-0.05, 0) is 50.6 Å². The molecule has 9 heteroatoms. The van der Waals surface area contributed by atoms with E-state index < -0.39 is 20.0 Å². The molecule has 1 aromatic carbocycles. The van der Waals surface area contributed by atoms with Crippen molar-refractivity contribution < 1.29 is 16.8 Å². The number of aryl methyl sites for hydroxylation is 1. The van der Waals surface area contributed by atoms with Crippen LogP contribution in [-0.4, -0.2) is 47.3 Å². The van der Waals surface area contributed by atoms with Crippen molar-refractivity contribution in [1.82, 2.24) is 9.03 Å². The standard InChI is InChI=1S/C13H21N3O4S2/c1-10-9-12(3-4-13(10)21(17,18)15-2)22(19,20)16-7-5-11(14)6-8-16/h3-4,9,11,15H,5-8,14H2,1-2H3. The van der Waals surface area contributed by atoms with E-state index in [2.05, 4.69) is 4.72 Å². The van der Waals surface area contributed by atoms with Crippen molar-refractivity contribution in [2.24, 2.45) is 5.73 Å². The van der Waals surface area contributed by atoms with E-state index in [0.29, 0.717) is 31.5 Å². The van der Waals surface area contributed by atoms with Crippen molar-refractivity contribution in [3.05, 3.63) is 23.8 Å². The lowest BCUT2D eigenvalue weighted by Crippen LogP contribution is -2.42. The maximum absolute atomic E-state index is 12.6. The summed E-state index contributed by atoms with van der Waals surface area (Å²) < 4.78 is 52.5. The Morgan fingerprint density at radius 2 is 1.77 bits per heavy atom. The van der Waals surface area contributed by atoms with Crippen molar-refractivity contribution in [3.63, 3.8) is 0 Å². The number of piperidine rings is 1. The van der Waals surface area contributed by atoms with Gasteiger partial charge in [0.15, 0.2) is 0 Å². The SMILES string of the molecule is CNS(=O)(=O)c1ccc(S(=O)(=O)N2CCC(N)CC2)cc1C. The maximum atomic E-state index is 12.6. The topological polar surface area (TPSA) is 110 Å². The minimum absolute atomic E-state index is 0.0383. The van der Waals surface area contributed by atoms with E-state index >= 15 is 0 Å². The first-order chi connectivity index (χ1) is 10.2. The molecule has 1 aromatic rings. The molecular formula is C13H21N3O4S2. The molecule has 0 aliphatic carbocycles. The minimum Gasteiger partial charge on any atom is -0.328 e. The average molecular weight is 347 g/mol. The lowest BCUT2D eigenvalue weighted by Gasteiger charge is -2.29. The third kappa shape index (κ3) is 3.33. The Morgan fingerprint density at radius 1 is 1.18 bits per heavy atom. The summed E-state index contributed by atoms with van der Waals surface area (Å²) in [5.74, 6) is 0. The quantitative estimate of drug-likeness (QED) is 0.798. The number of nitrogens with one attached hydrogen (secondary N) is 1. The van der Waals surface area contributed by atoms with Crippen molar-refractivity contribution >= 4 is 20.0 Å². The minimum atomic E-state index is -3.61. The van der Waals surface area contributed by atoms with E-state index in [1.54, 1.807) is 6.92 Å². The predicted octanol–water partition coefficient (Wildman–Crippen LogP) is 0.0149. The van der Waals surface area contributed by atoms with E-state index in [9.17, 15) is 16.8 Å². The van der Waals surface area contributed by atoms with Crippen LogP contribution in [-0.2, 0) is 20.0 Å². The lowest BCUT2D eigenvalue weighted by molar-refractivity contribution is 0.320. The molecular weight excluding hydrogens is 326 g/mol. The highest BCUT2D eigenvalue weighted by atomic mass is 32.2. The van der Waals surface area contributed by atoms with Crippen molar-refractivity contribution in [3.8, 4) is 0 Å².